The molecular weight excluding hydrogens is 240 g/mol. The average molecular weight is 260 g/mol. The van der Waals surface area contributed by atoms with Crippen molar-refractivity contribution < 1.29 is 9.84 Å². The molecule has 0 aliphatic rings. The lowest BCUT2D eigenvalue weighted by molar-refractivity contribution is 0.283. The van der Waals surface area contributed by atoms with Gasteiger partial charge in [-0.1, -0.05) is 18.2 Å². The minimum atomic E-state index is 0.257. The quantitative estimate of drug-likeness (QED) is 0.749. The number of hydrogen-bond acceptors (Lipinski definition) is 4. The molecule has 0 amide bonds. The summed E-state index contributed by atoms with van der Waals surface area (Å²) >= 11 is 0. The lowest BCUT2D eigenvalue weighted by Gasteiger charge is -2.07. The summed E-state index contributed by atoms with van der Waals surface area (Å²) in [5, 5.41) is 13.1. The molecule has 2 aromatic rings. The van der Waals surface area contributed by atoms with Crippen LogP contribution in [0.25, 0.3) is 10.9 Å². The monoisotopic (exact) mass is 260 g/mol. The number of para-hydroxylation sites is 1. The van der Waals surface area contributed by atoms with Gasteiger partial charge >= 0.3 is 0 Å². The first-order chi connectivity index (χ1) is 9.35. The van der Waals surface area contributed by atoms with Crippen molar-refractivity contribution >= 4 is 10.9 Å². The van der Waals surface area contributed by atoms with Crippen LogP contribution in [0.3, 0.4) is 0 Å². The highest BCUT2D eigenvalue weighted by Gasteiger charge is 2.03. The molecule has 0 unspecified atom stereocenters. The Morgan fingerprint density at radius 3 is 2.89 bits per heavy atom. The maximum Gasteiger partial charge on any atom is 0.145 e. The number of aromatic nitrogens is 1. The normalized spacial score (nSPS) is 10.8. The predicted molar refractivity (Wildman–Crippen MR) is 76.3 cm³/mol. The number of aliphatic hydroxyl groups is 1. The van der Waals surface area contributed by atoms with Crippen molar-refractivity contribution in [1.82, 2.24) is 10.3 Å². The summed E-state index contributed by atoms with van der Waals surface area (Å²) in [5.41, 5.74) is 1.90. The Balaban J connectivity index is 2.04. The Kier molecular flexibility index (Phi) is 5.12. The van der Waals surface area contributed by atoms with E-state index >= 15 is 0 Å². The van der Waals surface area contributed by atoms with Crippen molar-refractivity contribution in [1.29, 1.82) is 0 Å². The highest BCUT2D eigenvalue weighted by molar-refractivity contribution is 5.84. The summed E-state index contributed by atoms with van der Waals surface area (Å²) in [4.78, 5) is 4.63. The van der Waals surface area contributed by atoms with Crippen LogP contribution < -0.4 is 10.1 Å². The molecule has 4 heteroatoms. The Morgan fingerprint density at radius 1 is 1.21 bits per heavy atom. The summed E-state index contributed by atoms with van der Waals surface area (Å²) < 4.78 is 5.33. The van der Waals surface area contributed by atoms with Crippen molar-refractivity contribution in [3.8, 4) is 5.75 Å². The van der Waals surface area contributed by atoms with E-state index in [2.05, 4.69) is 16.4 Å². The van der Waals surface area contributed by atoms with E-state index in [4.69, 9.17) is 9.84 Å². The number of fused-ring (bicyclic) bond motifs is 1. The average Bonchev–Trinajstić information content (AvgIpc) is 2.46. The predicted octanol–water partition coefficient (Wildman–Crippen LogP) is 2.11. The molecule has 0 aliphatic heterocycles. The summed E-state index contributed by atoms with van der Waals surface area (Å²) in [5.74, 6) is 0.805. The van der Waals surface area contributed by atoms with Gasteiger partial charge in [-0.05, 0) is 31.5 Å². The molecule has 2 rings (SSSR count). The number of hydrogen-bond donors (Lipinski definition) is 2. The molecule has 1 aromatic carbocycles. The van der Waals surface area contributed by atoms with Gasteiger partial charge in [0.15, 0.2) is 0 Å². The number of nitrogens with zero attached hydrogens (tertiary/aromatic N) is 1. The van der Waals surface area contributed by atoms with Crippen molar-refractivity contribution in [2.24, 2.45) is 0 Å². The summed E-state index contributed by atoms with van der Waals surface area (Å²) in [7, 11) is 1.66. The molecule has 19 heavy (non-hydrogen) atoms. The van der Waals surface area contributed by atoms with E-state index < -0.39 is 0 Å². The lowest BCUT2D eigenvalue weighted by atomic mass is 10.2. The third kappa shape index (κ3) is 3.66. The van der Waals surface area contributed by atoms with Gasteiger partial charge in [0.2, 0.25) is 0 Å². The Morgan fingerprint density at radius 2 is 2.11 bits per heavy atom. The molecule has 0 saturated carbocycles. The zero-order chi connectivity index (χ0) is 13.5. The fraction of sp³-hybridized carbons (Fsp3) is 0.400. The second kappa shape index (κ2) is 7.07. The van der Waals surface area contributed by atoms with Crippen molar-refractivity contribution in [2.75, 3.05) is 20.3 Å². The summed E-state index contributed by atoms with van der Waals surface area (Å²) in [6.07, 6.45) is 1.82. The van der Waals surface area contributed by atoms with Gasteiger partial charge in [0.25, 0.3) is 0 Å². The first-order valence-corrected chi connectivity index (χ1v) is 6.59. The molecule has 0 bridgehead atoms. The number of pyridine rings is 1. The number of benzene rings is 1. The lowest BCUT2D eigenvalue weighted by Crippen LogP contribution is -2.15. The van der Waals surface area contributed by atoms with Crippen molar-refractivity contribution in [3.05, 3.63) is 36.0 Å². The summed E-state index contributed by atoms with van der Waals surface area (Å²) in [6, 6.07) is 10.0. The summed E-state index contributed by atoms with van der Waals surface area (Å²) in [6.45, 7) is 1.89. The first-order valence-electron chi connectivity index (χ1n) is 6.59. The van der Waals surface area contributed by atoms with Gasteiger partial charge in [0.1, 0.15) is 11.3 Å². The van der Waals surface area contributed by atoms with E-state index in [-0.39, 0.29) is 6.61 Å². The highest BCUT2D eigenvalue weighted by atomic mass is 16.5. The van der Waals surface area contributed by atoms with Crippen LogP contribution in [0.5, 0.6) is 5.75 Å². The van der Waals surface area contributed by atoms with Crippen LogP contribution in [0.2, 0.25) is 0 Å². The van der Waals surface area contributed by atoms with E-state index in [1.165, 1.54) is 0 Å². The van der Waals surface area contributed by atoms with Gasteiger partial charge in [-0.15, -0.1) is 0 Å². The third-order valence-corrected chi connectivity index (χ3v) is 3.03. The second-order valence-electron chi connectivity index (χ2n) is 4.44. The van der Waals surface area contributed by atoms with Gasteiger partial charge in [-0.25, -0.2) is 4.98 Å². The first kappa shape index (κ1) is 13.8. The van der Waals surface area contributed by atoms with Crippen LogP contribution in [-0.4, -0.2) is 30.4 Å². The van der Waals surface area contributed by atoms with E-state index in [0.717, 1.165) is 48.3 Å². The molecule has 2 N–H and O–H groups in total. The van der Waals surface area contributed by atoms with Gasteiger partial charge in [-0.3, -0.25) is 0 Å². The van der Waals surface area contributed by atoms with E-state index in [1.807, 2.05) is 24.3 Å². The second-order valence-corrected chi connectivity index (χ2v) is 4.44. The van der Waals surface area contributed by atoms with Gasteiger partial charge in [-0.2, -0.15) is 0 Å². The molecule has 0 radical (unpaired) electrons. The zero-order valence-corrected chi connectivity index (χ0v) is 11.2. The van der Waals surface area contributed by atoms with E-state index in [0.29, 0.717) is 0 Å². The fourth-order valence-corrected chi connectivity index (χ4v) is 2.00. The van der Waals surface area contributed by atoms with Crippen LogP contribution in [0, 0.1) is 0 Å². The zero-order valence-electron chi connectivity index (χ0n) is 11.2. The molecule has 0 atom stereocenters. The van der Waals surface area contributed by atoms with Gasteiger partial charge < -0.3 is 15.2 Å². The number of nitrogens with one attached hydrogen (secondary N) is 1. The van der Waals surface area contributed by atoms with Crippen LogP contribution in [0.15, 0.2) is 30.3 Å². The topological polar surface area (TPSA) is 54.4 Å². The molecule has 4 nitrogen and oxygen atoms in total. The molecule has 0 spiro atoms. The molecule has 1 heterocycles. The van der Waals surface area contributed by atoms with Crippen LogP contribution in [0.4, 0.5) is 0 Å². The Bertz CT molecular complexity index is 529. The number of ether oxygens (including phenoxy) is 1. The largest absolute Gasteiger partial charge is 0.494 e. The minimum absolute atomic E-state index is 0.257. The third-order valence-electron chi connectivity index (χ3n) is 3.03. The fourth-order valence-electron chi connectivity index (χ4n) is 2.00. The molecule has 0 fully saturated rings. The van der Waals surface area contributed by atoms with Crippen molar-refractivity contribution in [3.63, 3.8) is 0 Å². The minimum Gasteiger partial charge on any atom is -0.494 e. The smallest absolute Gasteiger partial charge is 0.145 e. The van der Waals surface area contributed by atoms with Crippen LogP contribution in [-0.2, 0) is 6.54 Å². The molecule has 1 aromatic heterocycles. The molecular formula is C15H20N2O2. The number of methoxy groups -OCH3 is 1. The van der Waals surface area contributed by atoms with Crippen LogP contribution >= 0.6 is 0 Å². The van der Waals surface area contributed by atoms with E-state index in [1.54, 1.807) is 7.11 Å². The maximum absolute atomic E-state index is 8.70. The molecule has 0 aliphatic carbocycles. The van der Waals surface area contributed by atoms with Crippen molar-refractivity contribution in [2.45, 2.75) is 19.4 Å². The number of aliphatic hydroxyl groups excluding tert-OH is 1. The standard InChI is InChI=1S/C15H20N2O2/c1-19-14-6-4-5-12-7-8-13(17-15(12)14)11-16-9-2-3-10-18/h4-8,16,18H,2-3,9-11H2,1H3. The van der Waals surface area contributed by atoms with Gasteiger partial charge in [0, 0.05) is 18.5 Å². The Hall–Kier alpha value is -1.65. The Labute approximate surface area is 113 Å². The SMILES string of the molecule is COc1cccc2ccc(CNCCCCO)nc12. The number of rotatable bonds is 7. The number of unbranched alkanes of at least 4 members (excludes halogenated alkanes) is 1. The highest BCUT2D eigenvalue weighted by Crippen LogP contribution is 2.23. The van der Waals surface area contributed by atoms with E-state index in [9.17, 15) is 0 Å². The van der Waals surface area contributed by atoms with Gasteiger partial charge in [0.05, 0.1) is 12.8 Å². The molecule has 0 saturated heterocycles. The maximum atomic E-state index is 8.70. The van der Waals surface area contributed by atoms with Crippen LogP contribution in [0.1, 0.15) is 18.5 Å². The molecule has 102 valence electrons.